The summed E-state index contributed by atoms with van der Waals surface area (Å²) in [5.41, 5.74) is 1.46. The zero-order valence-electron chi connectivity index (χ0n) is 12.4. The van der Waals surface area contributed by atoms with Gasteiger partial charge in [0, 0.05) is 20.1 Å². The second-order valence-electron chi connectivity index (χ2n) is 5.88. The van der Waals surface area contributed by atoms with Crippen LogP contribution in [0, 0.1) is 15.5 Å². The molecule has 0 spiro atoms. The van der Waals surface area contributed by atoms with Gasteiger partial charge in [0.15, 0.2) is 0 Å². The number of hydrogen-bond donors (Lipinski definition) is 1. The maximum absolute atomic E-state index is 11.3. The second kappa shape index (κ2) is 5.91. The molecule has 0 heterocycles. The topological polar surface area (TPSA) is 58.4 Å². The van der Waals surface area contributed by atoms with Crippen LogP contribution in [0.4, 0.5) is 17.1 Å². The Labute approximate surface area is 114 Å². The van der Waals surface area contributed by atoms with Crippen molar-refractivity contribution in [3.63, 3.8) is 0 Å². The van der Waals surface area contributed by atoms with E-state index in [4.69, 9.17) is 0 Å². The van der Waals surface area contributed by atoms with Gasteiger partial charge in [0.05, 0.1) is 4.92 Å². The van der Waals surface area contributed by atoms with Crippen molar-refractivity contribution in [3.8, 4) is 0 Å². The highest BCUT2D eigenvalue weighted by atomic mass is 16.6. The molecule has 0 aliphatic rings. The minimum absolute atomic E-state index is 0.0802. The number of nitrogens with zero attached hydrogens (tertiary/aromatic N) is 2. The van der Waals surface area contributed by atoms with Crippen LogP contribution < -0.4 is 10.2 Å². The summed E-state index contributed by atoms with van der Waals surface area (Å²) < 4.78 is 0. The lowest BCUT2D eigenvalue weighted by Gasteiger charge is -2.28. The molecule has 0 amide bonds. The highest BCUT2D eigenvalue weighted by molar-refractivity contribution is 5.76. The zero-order valence-corrected chi connectivity index (χ0v) is 12.4. The number of nitro benzene ring substituents is 1. The van der Waals surface area contributed by atoms with Gasteiger partial charge in [-0.15, -0.1) is 0 Å². The molecule has 0 fully saturated rings. The standard InChI is InChI=1S/C14H23N3O2/c1-6-15-11-8-7-9-12(13(11)17(18)19)16(5)10-14(2,3)4/h7-9,15H,6,10H2,1-5H3. The molecule has 5 heteroatoms. The first kappa shape index (κ1) is 15.3. The molecule has 0 radical (unpaired) electrons. The fraction of sp³-hybridized carbons (Fsp3) is 0.571. The van der Waals surface area contributed by atoms with E-state index in [2.05, 4.69) is 26.1 Å². The zero-order chi connectivity index (χ0) is 14.6. The van der Waals surface area contributed by atoms with E-state index in [1.54, 1.807) is 12.1 Å². The maximum Gasteiger partial charge on any atom is 0.315 e. The van der Waals surface area contributed by atoms with Gasteiger partial charge in [-0.3, -0.25) is 10.1 Å². The van der Waals surface area contributed by atoms with E-state index in [0.717, 1.165) is 6.54 Å². The van der Waals surface area contributed by atoms with E-state index in [-0.39, 0.29) is 16.0 Å². The predicted octanol–water partition coefficient (Wildman–Crippen LogP) is 3.51. The molecule has 0 saturated carbocycles. The Morgan fingerprint density at radius 3 is 2.47 bits per heavy atom. The lowest BCUT2D eigenvalue weighted by Crippen LogP contribution is -2.29. The molecule has 0 aliphatic carbocycles. The molecule has 19 heavy (non-hydrogen) atoms. The lowest BCUT2D eigenvalue weighted by molar-refractivity contribution is -0.383. The summed E-state index contributed by atoms with van der Waals surface area (Å²) in [6, 6.07) is 5.39. The molecule has 0 aliphatic heterocycles. The van der Waals surface area contributed by atoms with Crippen molar-refractivity contribution in [2.45, 2.75) is 27.7 Å². The summed E-state index contributed by atoms with van der Waals surface area (Å²) in [4.78, 5) is 13.0. The molecular weight excluding hydrogens is 242 g/mol. The first-order valence-corrected chi connectivity index (χ1v) is 6.48. The van der Waals surface area contributed by atoms with Crippen LogP contribution in [0.1, 0.15) is 27.7 Å². The molecule has 1 aromatic carbocycles. The quantitative estimate of drug-likeness (QED) is 0.654. The number of rotatable bonds is 5. The Kier molecular flexibility index (Phi) is 4.75. The maximum atomic E-state index is 11.3. The van der Waals surface area contributed by atoms with Gasteiger partial charge in [-0.2, -0.15) is 0 Å². The summed E-state index contributed by atoms with van der Waals surface area (Å²) in [5, 5.41) is 14.4. The van der Waals surface area contributed by atoms with Crippen molar-refractivity contribution < 1.29 is 4.92 Å². The first-order chi connectivity index (χ1) is 8.76. The van der Waals surface area contributed by atoms with Gasteiger partial charge in [-0.1, -0.05) is 26.8 Å². The van der Waals surface area contributed by atoms with Gasteiger partial charge in [-0.25, -0.2) is 0 Å². The van der Waals surface area contributed by atoms with Crippen molar-refractivity contribution in [1.29, 1.82) is 0 Å². The number of para-hydroxylation sites is 1. The molecule has 1 rings (SSSR count). The van der Waals surface area contributed by atoms with Crippen LogP contribution in [0.25, 0.3) is 0 Å². The lowest BCUT2D eigenvalue weighted by atomic mass is 9.96. The van der Waals surface area contributed by atoms with Crippen LogP contribution in [0.3, 0.4) is 0 Å². The van der Waals surface area contributed by atoms with Crippen LogP contribution in [0.15, 0.2) is 18.2 Å². The highest BCUT2D eigenvalue weighted by Crippen LogP contribution is 2.35. The second-order valence-corrected chi connectivity index (χ2v) is 5.88. The normalized spacial score (nSPS) is 11.2. The smallest absolute Gasteiger partial charge is 0.315 e. The molecule has 106 valence electrons. The number of anilines is 2. The van der Waals surface area contributed by atoms with Crippen molar-refractivity contribution in [1.82, 2.24) is 0 Å². The van der Waals surface area contributed by atoms with Crippen LogP contribution in [0.5, 0.6) is 0 Å². The summed E-state index contributed by atoms with van der Waals surface area (Å²) in [7, 11) is 1.89. The Bertz CT molecular complexity index is 452. The summed E-state index contributed by atoms with van der Waals surface area (Å²) >= 11 is 0. The van der Waals surface area contributed by atoms with Crippen molar-refractivity contribution >= 4 is 17.1 Å². The van der Waals surface area contributed by atoms with Crippen LogP contribution >= 0.6 is 0 Å². The first-order valence-electron chi connectivity index (χ1n) is 6.48. The van der Waals surface area contributed by atoms with Gasteiger partial charge < -0.3 is 10.2 Å². The van der Waals surface area contributed by atoms with E-state index in [1.165, 1.54) is 0 Å². The van der Waals surface area contributed by atoms with Crippen LogP contribution in [-0.2, 0) is 0 Å². The van der Waals surface area contributed by atoms with E-state index in [0.29, 0.717) is 17.9 Å². The predicted molar refractivity (Wildman–Crippen MR) is 80.0 cm³/mol. The van der Waals surface area contributed by atoms with E-state index in [1.807, 2.05) is 24.9 Å². The van der Waals surface area contributed by atoms with Gasteiger partial charge in [-0.05, 0) is 24.5 Å². The molecule has 0 saturated heterocycles. The van der Waals surface area contributed by atoms with E-state index >= 15 is 0 Å². The average molecular weight is 265 g/mol. The molecule has 0 unspecified atom stereocenters. The molecule has 1 aromatic rings. The molecular formula is C14H23N3O2. The molecule has 0 bridgehead atoms. The largest absolute Gasteiger partial charge is 0.380 e. The third-order valence-electron chi connectivity index (χ3n) is 2.69. The average Bonchev–Trinajstić information content (AvgIpc) is 2.26. The van der Waals surface area contributed by atoms with E-state index in [9.17, 15) is 10.1 Å². The Morgan fingerprint density at radius 1 is 1.37 bits per heavy atom. The fourth-order valence-electron chi connectivity index (χ4n) is 2.16. The van der Waals surface area contributed by atoms with E-state index < -0.39 is 0 Å². The Hall–Kier alpha value is -1.78. The van der Waals surface area contributed by atoms with Gasteiger partial charge in [0.25, 0.3) is 0 Å². The summed E-state index contributed by atoms with van der Waals surface area (Å²) in [6.07, 6.45) is 0. The molecule has 0 aromatic heterocycles. The number of nitro groups is 1. The minimum Gasteiger partial charge on any atom is -0.380 e. The van der Waals surface area contributed by atoms with Gasteiger partial charge in [0.1, 0.15) is 11.4 Å². The van der Waals surface area contributed by atoms with Crippen LogP contribution in [-0.4, -0.2) is 25.1 Å². The minimum atomic E-state index is -0.313. The monoisotopic (exact) mass is 265 g/mol. The number of benzene rings is 1. The van der Waals surface area contributed by atoms with Crippen molar-refractivity contribution in [3.05, 3.63) is 28.3 Å². The van der Waals surface area contributed by atoms with Crippen LogP contribution in [0.2, 0.25) is 0 Å². The Morgan fingerprint density at radius 2 is 2.00 bits per heavy atom. The SMILES string of the molecule is CCNc1cccc(N(C)CC(C)(C)C)c1[N+](=O)[O-]. The van der Waals surface area contributed by atoms with Gasteiger partial charge in [0.2, 0.25) is 0 Å². The molecule has 1 N–H and O–H groups in total. The Balaban J connectivity index is 3.19. The highest BCUT2D eigenvalue weighted by Gasteiger charge is 2.24. The fourth-order valence-corrected chi connectivity index (χ4v) is 2.16. The summed E-state index contributed by atoms with van der Waals surface area (Å²) in [6.45, 7) is 9.68. The van der Waals surface area contributed by atoms with Gasteiger partial charge >= 0.3 is 5.69 Å². The third-order valence-corrected chi connectivity index (χ3v) is 2.69. The molecule has 5 nitrogen and oxygen atoms in total. The number of hydrogen-bond acceptors (Lipinski definition) is 4. The molecule has 0 atom stereocenters. The third kappa shape index (κ3) is 4.12. The van der Waals surface area contributed by atoms with Crippen molar-refractivity contribution in [2.24, 2.45) is 5.41 Å². The summed E-state index contributed by atoms with van der Waals surface area (Å²) in [5.74, 6) is 0. The van der Waals surface area contributed by atoms with Crippen molar-refractivity contribution in [2.75, 3.05) is 30.4 Å². The number of nitrogens with one attached hydrogen (secondary N) is 1.